The van der Waals surface area contributed by atoms with Crippen LogP contribution < -0.4 is 10.4 Å². The third-order valence-corrected chi connectivity index (χ3v) is 5.12. The quantitative estimate of drug-likeness (QED) is 0.486. The van der Waals surface area contributed by atoms with E-state index in [1.165, 1.54) is 11.8 Å². The number of hydrogen-bond donors (Lipinski definition) is 0. The molecule has 0 N–H and O–H groups in total. The topological polar surface area (TPSA) is 36.2 Å². The van der Waals surface area contributed by atoms with Gasteiger partial charge in [-0.05, 0) is 17.7 Å². The van der Waals surface area contributed by atoms with Crippen LogP contribution in [0, 0.1) is 0 Å². The van der Waals surface area contributed by atoms with Gasteiger partial charge in [0.1, 0.15) is 12.6 Å². The molecular weight excluding hydrogens is 336 g/mol. The van der Waals surface area contributed by atoms with E-state index in [-0.39, 0.29) is 5.56 Å². The summed E-state index contributed by atoms with van der Waals surface area (Å²) in [5, 5.41) is 3.08. The Kier molecular flexibility index (Phi) is 3.50. The second-order valence-corrected chi connectivity index (χ2v) is 6.61. The monoisotopic (exact) mass is 354 g/mol. The first kappa shape index (κ1) is 15.7. The van der Waals surface area contributed by atoms with E-state index in [4.69, 9.17) is 4.84 Å². The van der Waals surface area contributed by atoms with Crippen LogP contribution in [0.2, 0.25) is 0 Å². The number of pyridine rings is 1. The minimum atomic E-state index is -0.140. The first-order valence-electron chi connectivity index (χ1n) is 8.92. The summed E-state index contributed by atoms with van der Waals surface area (Å²) in [6, 6.07) is 26.3. The molecule has 0 amide bonds. The lowest BCUT2D eigenvalue weighted by atomic mass is 10.1. The van der Waals surface area contributed by atoms with Crippen LogP contribution in [0.15, 0.2) is 83.7 Å². The molecule has 0 aliphatic carbocycles. The summed E-state index contributed by atoms with van der Waals surface area (Å²) < 4.78 is 3.49. The van der Waals surface area contributed by atoms with Crippen LogP contribution in [0.4, 0.5) is 0 Å². The molecule has 0 bridgehead atoms. The molecule has 0 fully saturated rings. The van der Waals surface area contributed by atoms with Crippen LogP contribution in [0.1, 0.15) is 5.56 Å². The first-order valence-corrected chi connectivity index (χ1v) is 8.92. The Labute approximate surface area is 155 Å². The Bertz CT molecular complexity index is 1350. The number of para-hydroxylation sites is 2. The van der Waals surface area contributed by atoms with Crippen molar-refractivity contribution in [3.8, 4) is 0 Å². The lowest BCUT2D eigenvalue weighted by molar-refractivity contribution is 0.170. The molecule has 2 aromatic heterocycles. The summed E-state index contributed by atoms with van der Waals surface area (Å²) in [5.74, 6) is 0. The zero-order valence-electron chi connectivity index (χ0n) is 14.9. The summed E-state index contributed by atoms with van der Waals surface area (Å²) in [4.78, 5) is 18.8. The number of hydrogen-bond acceptors (Lipinski definition) is 2. The van der Waals surface area contributed by atoms with Crippen molar-refractivity contribution < 1.29 is 4.84 Å². The molecule has 3 aromatic carbocycles. The van der Waals surface area contributed by atoms with E-state index in [2.05, 4.69) is 28.8 Å². The molecule has 132 valence electrons. The van der Waals surface area contributed by atoms with Gasteiger partial charge >= 0.3 is 5.56 Å². The molecule has 0 radical (unpaired) electrons. The van der Waals surface area contributed by atoms with Gasteiger partial charge in [-0.25, -0.2) is 0 Å². The van der Waals surface area contributed by atoms with Crippen molar-refractivity contribution in [1.29, 1.82) is 0 Å². The number of benzene rings is 3. The maximum Gasteiger partial charge on any atom is 0.308 e. The van der Waals surface area contributed by atoms with Gasteiger partial charge in [0.15, 0.2) is 0 Å². The van der Waals surface area contributed by atoms with Crippen molar-refractivity contribution in [2.24, 2.45) is 0 Å². The highest BCUT2D eigenvalue weighted by Gasteiger charge is 2.19. The summed E-state index contributed by atoms with van der Waals surface area (Å²) >= 11 is 0. The standard InChI is InChI=1S/C23H18N2O2/c1-27-25-20-14-8-6-12-18(20)21-17-11-5-7-13-19(17)24(22(21)23(25)26)15-16-9-3-2-4-10-16/h2-14H,15H2,1H3. The van der Waals surface area contributed by atoms with E-state index >= 15 is 0 Å². The first-order chi connectivity index (χ1) is 13.3. The molecule has 4 heteroatoms. The van der Waals surface area contributed by atoms with E-state index < -0.39 is 0 Å². The average molecular weight is 354 g/mol. The van der Waals surface area contributed by atoms with E-state index in [0.29, 0.717) is 12.1 Å². The molecule has 4 nitrogen and oxygen atoms in total. The van der Waals surface area contributed by atoms with Crippen LogP contribution in [-0.4, -0.2) is 16.4 Å². The zero-order valence-corrected chi connectivity index (χ0v) is 14.9. The Morgan fingerprint density at radius 2 is 1.37 bits per heavy atom. The highest BCUT2D eigenvalue weighted by atomic mass is 16.6. The Morgan fingerprint density at radius 3 is 2.07 bits per heavy atom. The average Bonchev–Trinajstić information content (AvgIpc) is 3.04. The van der Waals surface area contributed by atoms with Crippen molar-refractivity contribution >= 4 is 32.7 Å². The number of fused-ring (bicyclic) bond motifs is 5. The van der Waals surface area contributed by atoms with E-state index in [0.717, 1.165) is 32.8 Å². The van der Waals surface area contributed by atoms with Gasteiger partial charge in [0.25, 0.3) is 0 Å². The molecule has 0 aliphatic heterocycles. The third kappa shape index (κ3) is 2.27. The molecule has 0 aliphatic rings. The van der Waals surface area contributed by atoms with Gasteiger partial charge in [-0.3, -0.25) is 4.79 Å². The summed E-state index contributed by atoms with van der Waals surface area (Å²) in [6.07, 6.45) is 0. The van der Waals surface area contributed by atoms with Crippen LogP contribution in [0.5, 0.6) is 0 Å². The molecule has 0 unspecified atom stereocenters. The second-order valence-electron chi connectivity index (χ2n) is 6.61. The molecule has 0 saturated heterocycles. The molecule has 27 heavy (non-hydrogen) atoms. The molecule has 2 heterocycles. The minimum Gasteiger partial charge on any atom is -0.413 e. The maximum atomic E-state index is 13.4. The Balaban J connectivity index is 2.00. The molecule has 5 rings (SSSR count). The van der Waals surface area contributed by atoms with Crippen LogP contribution in [-0.2, 0) is 6.54 Å². The molecule has 0 saturated carbocycles. The van der Waals surface area contributed by atoms with E-state index in [1.54, 1.807) is 0 Å². The fraction of sp³-hybridized carbons (Fsp3) is 0.0870. The van der Waals surface area contributed by atoms with Crippen molar-refractivity contribution in [3.63, 3.8) is 0 Å². The van der Waals surface area contributed by atoms with Crippen LogP contribution >= 0.6 is 0 Å². The zero-order chi connectivity index (χ0) is 18.4. The van der Waals surface area contributed by atoms with Gasteiger partial charge in [0.05, 0.1) is 5.52 Å². The van der Waals surface area contributed by atoms with E-state index in [1.807, 2.05) is 54.6 Å². The van der Waals surface area contributed by atoms with Crippen LogP contribution in [0.25, 0.3) is 32.7 Å². The van der Waals surface area contributed by atoms with E-state index in [9.17, 15) is 4.79 Å². The predicted molar refractivity (Wildman–Crippen MR) is 109 cm³/mol. The largest absolute Gasteiger partial charge is 0.413 e. The summed E-state index contributed by atoms with van der Waals surface area (Å²) in [6.45, 7) is 0.627. The van der Waals surface area contributed by atoms with Gasteiger partial charge < -0.3 is 9.40 Å². The highest BCUT2D eigenvalue weighted by molar-refractivity contribution is 6.19. The summed E-state index contributed by atoms with van der Waals surface area (Å²) in [5.41, 5.74) is 3.50. The Hall–Kier alpha value is -3.53. The molecule has 0 spiro atoms. The van der Waals surface area contributed by atoms with Crippen molar-refractivity contribution in [1.82, 2.24) is 9.30 Å². The highest BCUT2D eigenvalue weighted by Crippen LogP contribution is 2.33. The predicted octanol–water partition coefficient (Wildman–Crippen LogP) is 4.22. The smallest absolute Gasteiger partial charge is 0.308 e. The fourth-order valence-corrected chi connectivity index (χ4v) is 3.98. The molecular formula is C23H18N2O2. The van der Waals surface area contributed by atoms with Crippen LogP contribution in [0.3, 0.4) is 0 Å². The summed E-state index contributed by atoms with van der Waals surface area (Å²) in [7, 11) is 1.53. The minimum absolute atomic E-state index is 0.140. The fourth-order valence-electron chi connectivity index (χ4n) is 3.98. The van der Waals surface area contributed by atoms with Gasteiger partial charge in [0.2, 0.25) is 0 Å². The molecule has 5 aromatic rings. The molecule has 0 atom stereocenters. The Morgan fingerprint density at radius 1 is 0.778 bits per heavy atom. The van der Waals surface area contributed by atoms with Gasteiger partial charge in [0, 0.05) is 28.2 Å². The van der Waals surface area contributed by atoms with Crippen molar-refractivity contribution in [2.45, 2.75) is 6.54 Å². The number of aromatic nitrogens is 2. The van der Waals surface area contributed by atoms with Gasteiger partial charge in [-0.15, -0.1) is 4.73 Å². The normalized spacial score (nSPS) is 11.4. The number of nitrogens with zero attached hydrogens (tertiary/aromatic N) is 2. The third-order valence-electron chi connectivity index (χ3n) is 5.12. The van der Waals surface area contributed by atoms with Gasteiger partial charge in [-0.2, -0.15) is 0 Å². The lowest BCUT2D eigenvalue weighted by Crippen LogP contribution is -2.26. The maximum absolute atomic E-state index is 13.4. The SMILES string of the molecule is COn1c(=O)c2c(c3ccccc31)c1ccccc1n2Cc1ccccc1. The van der Waals surface area contributed by atoms with Crippen molar-refractivity contribution in [3.05, 3.63) is 94.8 Å². The van der Waals surface area contributed by atoms with Crippen molar-refractivity contribution in [2.75, 3.05) is 7.11 Å². The lowest BCUT2D eigenvalue weighted by Gasteiger charge is -2.11. The second kappa shape index (κ2) is 6.02. The number of rotatable bonds is 3. The van der Waals surface area contributed by atoms with Gasteiger partial charge in [-0.1, -0.05) is 66.7 Å².